The molecular weight excluding hydrogens is 441 g/mol. The van der Waals surface area contributed by atoms with Crippen LogP contribution in [-0.4, -0.2) is 42.6 Å². The standard InChI is InChI=1S/C25H26FN3O5/c1-16-21(17(2)34-28-16)15-33-22-10-8-18(12-23(22)32-4)9-11-25(31)29(3)14-24(30)27-20-7-5-6-19(26)13-20/h5-13H,14-15H2,1-4H3,(H,27,30)/b11-9+. The average molecular weight is 467 g/mol. The van der Waals surface area contributed by atoms with E-state index in [0.29, 0.717) is 28.5 Å². The summed E-state index contributed by atoms with van der Waals surface area (Å²) in [7, 11) is 3.03. The molecule has 3 aromatic rings. The molecule has 9 heteroatoms. The van der Waals surface area contributed by atoms with Crippen LogP contribution in [0.2, 0.25) is 0 Å². The first-order valence-electron chi connectivity index (χ1n) is 10.5. The lowest BCUT2D eigenvalue weighted by Gasteiger charge is -2.15. The van der Waals surface area contributed by atoms with Crippen LogP contribution in [-0.2, 0) is 16.2 Å². The van der Waals surface area contributed by atoms with Gasteiger partial charge in [-0.15, -0.1) is 0 Å². The van der Waals surface area contributed by atoms with Crippen molar-refractivity contribution in [2.24, 2.45) is 0 Å². The third-order valence-corrected chi connectivity index (χ3v) is 5.02. The highest BCUT2D eigenvalue weighted by Gasteiger charge is 2.13. The Bertz CT molecular complexity index is 1190. The molecule has 0 aliphatic carbocycles. The van der Waals surface area contributed by atoms with E-state index in [1.165, 1.54) is 43.3 Å². The molecule has 0 saturated carbocycles. The zero-order chi connectivity index (χ0) is 24.7. The predicted molar refractivity (Wildman–Crippen MR) is 125 cm³/mol. The van der Waals surface area contributed by atoms with Gasteiger partial charge in [0.25, 0.3) is 0 Å². The SMILES string of the molecule is COc1cc(/C=C/C(=O)N(C)CC(=O)Nc2cccc(F)c2)ccc1OCc1c(C)noc1C. The summed E-state index contributed by atoms with van der Waals surface area (Å²) in [6.07, 6.45) is 2.97. The maximum absolute atomic E-state index is 13.2. The lowest BCUT2D eigenvalue weighted by atomic mass is 10.1. The Morgan fingerprint density at radius 2 is 1.97 bits per heavy atom. The van der Waals surface area contributed by atoms with E-state index in [2.05, 4.69) is 10.5 Å². The number of aromatic nitrogens is 1. The summed E-state index contributed by atoms with van der Waals surface area (Å²) in [5, 5.41) is 6.47. The number of likely N-dealkylation sites (N-methyl/N-ethyl adjacent to an activating group) is 1. The number of rotatable bonds is 9. The van der Waals surface area contributed by atoms with E-state index in [1.807, 2.05) is 13.8 Å². The highest BCUT2D eigenvalue weighted by Crippen LogP contribution is 2.30. The molecule has 0 bridgehead atoms. The van der Waals surface area contributed by atoms with Crippen molar-refractivity contribution < 1.29 is 28.0 Å². The number of hydrogen-bond acceptors (Lipinski definition) is 6. The fourth-order valence-corrected chi connectivity index (χ4v) is 3.12. The van der Waals surface area contributed by atoms with Gasteiger partial charge in [-0.25, -0.2) is 4.39 Å². The van der Waals surface area contributed by atoms with Crippen LogP contribution in [0.4, 0.5) is 10.1 Å². The number of nitrogens with zero attached hydrogens (tertiary/aromatic N) is 2. The fourth-order valence-electron chi connectivity index (χ4n) is 3.12. The van der Waals surface area contributed by atoms with Gasteiger partial charge in [-0.2, -0.15) is 0 Å². The molecule has 0 atom stereocenters. The number of methoxy groups -OCH3 is 1. The Labute approximate surface area is 196 Å². The molecular formula is C25H26FN3O5. The maximum atomic E-state index is 13.2. The molecule has 178 valence electrons. The molecule has 2 aromatic carbocycles. The maximum Gasteiger partial charge on any atom is 0.246 e. The van der Waals surface area contributed by atoms with Crippen LogP contribution in [0, 0.1) is 19.7 Å². The smallest absolute Gasteiger partial charge is 0.246 e. The van der Waals surface area contributed by atoms with Crippen molar-refractivity contribution in [3.05, 3.63) is 76.9 Å². The number of hydrogen-bond donors (Lipinski definition) is 1. The third-order valence-electron chi connectivity index (χ3n) is 5.02. The summed E-state index contributed by atoms with van der Waals surface area (Å²) in [5.41, 5.74) is 2.68. The number of amides is 2. The quantitative estimate of drug-likeness (QED) is 0.476. The highest BCUT2D eigenvalue weighted by atomic mass is 19.1. The first kappa shape index (κ1) is 24.5. The number of ether oxygens (including phenoxy) is 2. The van der Waals surface area contributed by atoms with Crippen molar-refractivity contribution in [2.75, 3.05) is 26.0 Å². The normalized spacial score (nSPS) is 10.9. The topological polar surface area (TPSA) is 93.9 Å². The van der Waals surface area contributed by atoms with E-state index in [-0.39, 0.29) is 19.1 Å². The minimum atomic E-state index is -0.458. The molecule has 2 amide bonds. The van der Waals surface area contributed by atoms with Gasteiger partial charge in [-0.05, 0) is 55.8 Å². The van der Waals surface area contributed by atoms with Gasteiger partial charge in [0.15, 0.2) is 11.5 Å². The second kappa shape index (κ2) is 11.1. The Morgan fingerprint density at radius 3 is 2.65 bits per heavy atom. The average Bonchev–Trinajstić information content (AvgIpc) is 3.13. The van der Waals surface area contributed by atoms with Crippen LogP contribution >= 0.6 is 0 Å². The number of anilines is 1. The van der Waals surface area contributed by atoms with Gasteiger partial charge in [-0.3, -0.25) is 9.59 Å². The van der Waals surface area contributed by atoms with Gasteiger partial charge >= 0.3 is 0 Å². The lowest BCUT2D eigenvalue weighted by Crippen LogP contribution is -2.33. The van der Waals surface area contributed by atoms with Gasteiger partial charge in [0.2, 0.25) is 11.8 Å². The number of carbonyl (C=O) groups is 2. The van der Waals surface area contributed by atoms with Gasteiger partial charge in [-0.1, -0.05) is 17.3 Å². The van der Waals surface area contributed by atoms with Crippen LogP contribution in [0.3, 0.4) is 0 Å². The molecule has 1 aromatic heterocycles. The minimum absolute atomic E-state index is 0.183. The Hall–Kier alpha value is -4.14. The van der Waals surface area contributed by atoms with Crippen LogP contribution in [0.15, 0.2) is 53.1 Å². The zero-order valence-corrected chi connectivity index (χ0v) is 19.4. The largest absolute Gasteiger partial charge is 0.493 e. The van der Waals surface area contributed by atoms with E-state index in [4.69, 9.17) is 14.0 Å². The Morgan fingerprint density at radius 1 is 1.18 bits per heavy atom. The number of aryl methyl sites for hydroxylation is 2. The fraction of sp³-hybridized carbons (Fsp3) is 0.240. The van der Waals surface area contributed by atoms with E-state index >= 15 is 0 Å². The van der Waals surface area contributed by atoms with E-state index in [0.717, 1.165) is 11.3 Å². The van der Waals surface area contributed by atoms with Crippen molar-refractivity contribution in [1.82, 2.24) is 10.1 Å². The summed E-state index contributed by atoms with van der Waals surface area (Å²) >= 11 is 0. The second-order valence-electron chi connectivity index (χ2n) is 7.59. The molecule has 8 nitrogen and oxygen atoms in total. The van der Waals surface area contributed by atoms with Gasteiger partial charge < -0.3 is 24.2 Å². The monoisotopic (exact) mass is 467 g/mol. The van der Waals surface area contributed by atoms with Gasteiger partial charge in [0.05, 0.1) is 24.9 Å². The zero-order valence-electron chi connectivity index (χ0n) is 19.4. The molecule has 1 N–H and O–H groups in total. The molecule has 0 aliphatic heterocycles. The molecule has 0 aliphatic rings. The van der Waals surface area contributed by atoms with Crippen molar-refractivity contribution >= 4 is 23.6 Å². The summed E-state index contributed by atoms with van der Waals surface area (Å²) in [6, 6.07) is 10.8. The number of halogens is 1. The summed E-state index contributed by atoms with van der Waals surface area (Å²) in [6.45, 7) is 3.77. The first-order valence-corrected chi connectivity index (χ1v) is 10.5. The van der Waals surface area contributed by atoms with E-state index in [1.54, 1.807) is 30.3 Å². The molecule has 0 fully saturated rings. The molecule has 0 unspecified atom stereocenters. The van der Waals surface area contributed by atoms with Gasteiger partial charge in [0, 0.05) is 18.8 Å². The Balaban J connectivity index is 1.58. The molecule has 0 radical (unpaired) electrons. The summed E-state index contributed by atoms with van der Waals surface area (Å²) in [4.78, 5) is 25.8. The second-order valence-corrected chi connectivity index (χ2v) is 7.59. The lowest BCUT2D eigenvalue weighted by molar-refractivity contribution is -0.129. The van der Waals surface area contributed by atoms with E-state index in [9.17, 15) is 14.0 Å². The first-order chi connectivity index (χ1) is 16.3. The van der Waals surface area contributed by atoms with Crippen LogP contribution < -0.4 is 14.8 Å². The molecule has 0 saturated heterocycles. The van der Waals surface area contributed by atoms with Crippen molar-refractivity contribution in [2.45, 2.75) is 20.5 Å². The highest BCUT2D eigenvalue weighted by molar-refractivity contribution is 5.97. The molecule has 1 heterocycles. The number of carbonyl (C=O) groups excluding carboxylic acids is 2. The van der Waals surface area contributed by atoms with Crippen molar-refractivity contribution in [3.63, 3.8) is 0 Å². The molecule has 3 rings (SSSR count). The Kier molecular flexibility index (Phi) is 8.02. The summed E-state index contributed by atoms with van der Waals surface area (Å²) in [5.74, 6) is 0.480. The minimum Gasteiger partial charge on any atom is -0.493 e. The predicted octanol–water partition coefficient (Wildman–Crippen LogP) is 4.13. The van der Waals surface area contributed by atoms with Crippen LogP contribution in [0.25, 0.3) is 6.08 Å². The van der Waals surface area contributed by atoms with Crippen molar-refractivity contribution in [1.29, 1.82) is 0 Å². The van der Waals surface area contributed by atoms with E-state index < -0.39 is 11.7 Å². The van der Waals surface area contributed by atoms with Crippen LogP contribution in [0.5, 0.6) is 11.5 Å². The van der Waals surface area contributed by atoms with Gasteiger partial charge in [0.1, 0.15) is 18.2 Å². The number of benzene rings is 2. The third kappa shape index (κ3) is 6.44. The van der Waals surface area contributed by atoms with Crippen LogP contribution in [0.1, 0.15) is 22.6 Å². The molecule has 0 spiro atoms. The molecule has 34 heavy (non-hydrogen) atoms. The number of nitrogens with one attached hydrogen (secondary N) is 1. The van der Waals surface area contributed by atoms with Crippen molar-refractivity contribution in [3.8, 4) is 11.5 Å². The summed E-state index contributed by atoms with van der Waals surface area (Å²) < 4.78 is 29.7.